The predicted molar refractivity (Wildman–Crippen MR) is 95.4 cm³/mol. The minimum atomic E-state index is -0.255. The second-order valence-corrected chi connectivity index (χ2v) is 6.77. The summed E-state index contributed by atoms with van der Waals surface area (Å²) in [6.07, 6.45) is 2.49. The Balaban J connectivity index is 1.81. The van der Waals surface area contributed by atoms with E-state index in [1.165, 1.54) is 25.0 Å². The molecule has 1 unspecified atom stereocenters. The van der Waals surface area contributed by atoms with E-state index in [0.29, 0.717) is 13.1 Å². The van der Waals surface area contributed by atoms with Crippen molar-refractivity contribution in [3.8, 4) is 0 Å². The Bertz CT molecular complexity index is 512. The second-order valence-electron chi connectivity index (χ2n) is 6.77. The monoisotopic (exact) mass is 335 g/mol. The Morgan fingerprint density at radius 1 is 1.33 bits per heavy atom. The van der Waals surface area contributed by atoms with Crippen LogP contribution in [0, 0.1) is 11.7 Å². The van der Waals surface area contributed by atoms with Crippen LogP contribution in [0.2, 0.25) is 0 Å². The summed E-state index contributed by atoms with van der Waals surface area (Å²) >= 11 is 0. The maximum atomic E-state index is 13.1. The number of benzene rings is 1. The van der Waals surface area contributed by atoms with Gasteiger partial charge < -0.3 is 15.1 Å². The van der Waals surface area contributed by atoms with Gasteiger partial charge in [0.25, 0.3) is 0 Å². The van der Waals surface area contributed by atoms with Gasteiger partial charge in [-0.1, -0.05) is 19.1 Å². The Morgan fingerprint density at radius 3 is 2.54 bits per heavy atom. The summed E-state index contributed by atoms with van der Waals surface area (Å²) in [5, 5.41) is 3.03. The normalized spacial score (nSPS) is 17.5. The standard InChI is InChI=1S/C19H30FN3O/c1-4-23(16(3)17-5-7-18(20)8-6-17)19(24)21-11-14-22-12-9-15(2)10-13-22/h5-8,15-16H,4,9-14H2,1-3H3,(H,21,24). The summed E-state index contributed by atoms with van der Waals surface area (Å²) in [6.45, 7) is 10.7. The van der Waals surface area contributed by atoms with Crippen LogP contribution in [0.25, 0.3) is 0 Å². The highest BCUT2D eigenvalue weighted by Gasteiger charge is 2.20. The number of nitrogens with zero attached hydrogens (tertiary/aromatic N) is 2. The lowest BCUT2D eigenvalue weighted by atomic mass is 9.99. The summed E-state index contributed by atoms with van der Waals surface area (Å²) in [5.41, 5.74) is 0.943. The summed E-state index contributed by atoms with van der Waals surface area (Å²) in [7, 11) is 0. The number of halogens is 1. The lowest BCUT2D eigenvalue weighted by molar-refractivity contribution is 0.172. The molecule has 4 nitrogen and oxygen atoms in total. The van der Waals surface area contributed by atoms with E-state index < -0.39 is 0 Å². The van der Waals surface area contributed by atoms with Crippen molar-refractivity contribution in [3.05, 3.63) is 35.6 Å². The number of amides is 2. The third-order valence-electron chi connectivity index (χ3n) is 5.00. The molecule has 1 saturated heterocycles. The summed E-state index contributed by atoms with van der Waals surface area (Å²) in [6, 6.07) is 6.23. The molecule has 1 N–H and O–H groups in total. The second kappa shape index (κ2) is 9.02. The molecule has 24 heavy (non-hydrogen) atoms. The molecule has 1 aromatic carbocycles. The van der Waals surface area contributed by atoms with Crippen molar-refractivity contribution >= 4 is 6.03 Å². The minimum absolute atomic E-state index is 0.0558. The molecule has 0 spiro atoms. The molecule has 2 rings (SSSR count). The van der Waals surface area contributed by atoms with Gasteiger partial charge in [0, 0.05) is 19.6 Å². The van der Waals surface area contributed by atoms with Gasteiger partial charge in [-0.3, -0.25) is 0 Å². The van der Waals surface area contributed by atoms with E-state index in [0.717, 1.165) is 31.1 Å². The van der Waals surface area contributed by atoms with Gasteiger partial charge in [-0.15, -0.1) is 0 Å². The first-order valence-electron chi connectivity index (χ1n) is 9.03. The van der Waals surface area contributed by atoms with E-state index in [1.54, 1.807) is 17.0 Å². The average Bonchev–Trinajstić information content (AvgIpc) is 2.58. The predicted octanol–water partition coefficient (Wildman–Crippen LogP) is 3.65. The van der Waals surface area contributed by atoms with Gasteiger partial charge in [0.15, 0.2) is 0 Å². The van der Waals surface area contributed by atoms with Crippen molar-refractivity contribution in [2.24, 2.45) is 5.92 Å². The number of hydrogen-bond acceptors (Lipinski definition) is 2. The smallest absolute Gasteiger partial charge is 0.317 e. The summed E-state index contributed by atoms with van der Waals surface area (Å²) in [4.78, 5) is 16.7. The average molecular weight is 335 g/mol. The number of hydrogen-bond donors (Lipinski definition) is 1. The van der Waals surface area contributed by atoms with Gasteiger partial charge in [0.05, 0.1) is 6.04 Å². The molecule has 1 aliphatic rings. The molecule has 1 atom stereocenters. The fourth-order valence-corrected chi connectivity index (χ4v) is 3.22. The van der Waals surface area contributed by atoms with E-state index in [2.05, 4.69) is 17.1 Å². The highest BCUT2D eigenvalue weighted by atomic mass is 19.1. The van der Waals surface area contributed by atoms with E-state index >= 15 is 0 Å². The highest BCUT2D eigenvalue weighted by Crippen LogP contribution is 2.20. The van der Waals surface area contributed by atoms with Crippen LogP contribution in [0.5, 0.6) is 0 Å². The summed E-state index contributed by atoms with van der Waals surface area (Å²) < 4.78 is 13.1. The lowest BCUT2D eigenvalue weighted by Gasteiger charge is -2.31. The molecule has 2 amide bonds. The van der Waals surface area contributed by atoms with Gasteiger partial charge in [0.1, 0.15) is 5.82 Å². The largest absolute Gasteiger partial charge is 0.337 e. The van der Waals surface area contributed by atoms with Gasteiger partial charge in [-0.25, -0.2) is 9.18 Å². The summed E-state index contributed by atoms with van der Waals surface area (Å²) in [5.74, 6) is 0.567. The number of piperidine rings is 1. The first-order chi connectivity index (χ1) is 11.5. The van der Waals surface area contributed by atoms with Crippen molar-refractivity contribution in [3.63, 3.8) is 0 Å². The molecule has 1 aromatic rings. The molecule has 134 valence electrons. The SMILES string of the molecule is CCN(C(=O)NCCN1CCC(C)CC1)C(C)c1ccc(F)cc1. The third kappa shape index (κ3) is 5.20. The maximum absolute atomic E-state index is 13.1. The zero-order valence-corrected chi connectivity index (χ0v) is 15.1. The zero-order chi connectivity index (χ0) is 17.5. The number of urea groups is 1. The fourth-order valence-electron chi connectivity index (χ4n) is 3.22. The third-order valence-corrected chi connectivity index (χ3v) is 5.00. The Hall–Kier alpha value is -1.62. The molecular formula is C19H30FN3O. The quantitative estimate of drug-likeness (QED) is 0.861. The number of nitrogens with one attached hydrogen (secondary N) is 1. The molecular weight excluding hydrogens is 305 g/mol. The van der Waals surface area contributed by atoms with Crippen LogP contribution in [0.4, 0.5) is 9.18 Å². The first-order valence-corrected chi connectivity index (χ1v) is 9.03. The molecule has 0 radical (unpaired) electrons. The van der Waals surface area contributed by atoms with Gasteiger partial charge >= 0.3 is 6.03 Å². The van der Waals surface area contributed by atoms with Crippen molar-refractivity contribution < 1.29 is 9.18 Å². The van der Waals surface area contributed by atoms with Crippen LogP contribution >= 0.6 is 0 Å². The molecule has 1 aliphatic heterocycles. The molecule has 5 heteroatoms. The molecule has 0 saturated carbocycles. The van der Waals surface area contributed by atoms with E-state index in [1.807, 2.05) is 13.8 Å². The zero-order valence-electron chi connectivity index (χ0n) is 15.1. The van der Waals surface area contributed by atoms with Crippen LogP contribution in [0.15, 0.2) is 24.3 Å². The molecule has 1 fully saturated rings. The van der Waals surface area contributed by atoms with E-state index in [4.69, 9.17) is 0 Å². The molecule has 0 aliphatic carbocycles. The van der Waals surface area contributed by atoms with Crippen LogP contribution in [0.1, 0.15) is 45.2 Å². The molecule has 0 bridgehead atoms. The Morgan fingerprint density at radius 2 is 1.96 bits per heavy atom. The van der Waals surface area contributed by atoms with Gasteiger partial charge in [-0.05, 0) is 63.4 Å². The van der Waals surface area contributed by atoms with Crippen molar-refractivity contribution in [1.29, 1.82) is 0 Å². The number of carbonyl (C=O) groups is 1. The van der Waals surface area contributed by atoms with Crippen molar-refractivity contribution in [2.45, 2.75) is 39.7 Å². The van der Waals surface area contributed by atoms with Gasteiger partial charge in [0.2, 0.25) is 0 Å². The number of carbonyl (C=O) groups excluding carboxylic acids is 1. The first kappa shape index (κ1) is 18.7. The van der Waals surface area contributed by atoms with Crippen LogP contribution in [-0.2, 0) is 0 Å². The fraction of sp³-hybridized carbons (Fsp3) is 0.632. The topological polar surface area (TPSA) is 35.6 Å². The van der Waals surface area contributed by atoms with Crippen molar-refractivity contribution in [1.82, 2.24) is 15.1 Å². The maximum Gasteiger partial charge on any atom is 0.317 e. The van der Waals surface area contributed by atoms with Crippen molar-refractivity contribution in [2.75, 3.05) is 32.7 Å². The number of rotatable bonds is 6. The molecule has 1 heterocycles. The van der Waals surface area contributed by atoms with Crippen LogP contribution in [-0.4, -0.2) is 48.6 Å². The molecule has 0 aromatic heterocycles. The number of likely N-dealkylation sites (tertiary alicyclic amines) is 1. The van der Waals surface area contributed by atoms with E-state index in [-0.39, 0.29) is 17.9 Å². The van der Waals surface area contributed by atoms with E-state index in [9.17, 15) is 9.18 Å². The Labute approximate surface area is 145 Å². The highest BCUT2D eigenvalue weighted by molar-refractivity contribution is 5.74. The van der Waals surface area contributed by atoms with Crippen LogP contribution in [0.3, 0.4) is 0 Å². The lowest BCUT2D eigenvalue weighted by Crippen LogP contribution is -2.45. The van der Waals surface area contributed by atoms with Gasteiger partial charge in [-0.2, -0.15) is 0 Å². The van der Waals surface area contributed by atoms with Crippen LogP contribution < -0.4 is 5.32 Å². The Kier molecular flexibility index (Phi) is 7.03. The minimum Gasteiger partial charge on any atom is -0.337 e.